The number of carbonyl (C=O) groups excluding carboxylic acids is 2. The Morgan fingerprint density at radius 3 is 2.54 bits per heavy atom. The first-order valence-corrected chi connectivity index (χ1v) is 4.20. The van der Waals surface area contributed by atoms with Gasteiger partial charge in [-0.05, 0) is 19.9 Å². The summed E-state index contributed by atoms with van der Waals surface area (Å²) < 4.78 is 0. The summed E-state index contributed by atoms with van der Waals surface area (Å²) in [5, 5.41) is 2.50. The van der Waals surface area contributed by atoms with Crippen LogP contribution in [0.4, 0.5) is 0 Å². The van der Waals surface area contributed by atoms with E-state index >= 15 is 0 Å². The van der Waals surface area contributed by atoms with Gasteiger partial charge in [-0.2, -0.15) is 0 Å². The van der Waals surface area contributed by atoms with Crippen molar-refractivity contribution in [3.8, 4) is 0 Å². The average Bonchev–Trinajstić information content (AvgIpc) is 2.14. The van der Waals surface area contributed by atoms with E-state index in [0.717, 1.165) is 6.08 Å². The van der Waals surface area contributed by atoms with Crippen molar-refractivity contribution in [3.05, 3.63) is 12.7 Å². The number of hydrogen-bond acceptors (Lipinski definition) is 2. The Labute approximate surface area is 78.6 Å². The van der Waals surface area contributed by atoms with Gasteiger partial charge in [0, 0.05) is 13.6 Å². The summed E-state index contributed by atoms with van der Waals surface area (Å²) in [5.41, 5.74) is 0. The van der Waals surface area contributed by atoms with Gasteiger partial charge in [0.05, 0.1) is 0 Å². The Bertz CT molecular complexity index is 214. The first-order valence-electron chi connectivity index (χ1n) is 4.20. The van der Waals surface area contributed by atoms with Crippen LogP contribution < -0.4 is 5.32 Å². The maximum absolute atomic E-state index is 11.4. The largest absolute Gasteiger partial charge is 0.344 e. The Balaban J connectivity index is 4.10. The zero-order chi connectivity index (χ0) is 10.4. The normalized spacial score (nSPS) is 11.6. The molecule has 0 aromatic rings. The molecule has 4 heteroatoms. The second-order valence-electron chi connectivity index (χ2n) is 2.79. The molecular formula is C9H16N2O2. The van der Waals surface area contributed by atoms with Crippen molar-refractivity contribution >= 4 is 11.8 Å². The molecule has 13 heavy (non-hydrogen) atoms. The van der Waals surface area contributed by atoms with Gasteiger partial charge in [0.2, 0.25) is 11.8 Å². The lowest BCUT2D eigenvalue weighted by molar-refractivity contribution is -0.133. The van der Waals surface area contributed by atoms with Crippen LogP contribution in [-0.2, 0) is 9.59 Å². The van der Waals surface area contributed by atoms with Crippen LogP contribution in [0.5, 0.6) is 0 Å². The molecule has 4 nitrogen and oxygen atoms in total. The molecule has 1 N–H and O–H groups in total. The average molecular weight is 184 g/mol. The predicted octanol–water partition coefficient (Wildman–Crippen LogP) is 0.155. The van der Waals surface area contributed by atoms with Gasteiger partial charge < -0.3 is 10.2 Å². The third-order valence-corrected chi connectivity index (χ3v) is 1.77. The van der Waals surface area contributed by atoms with Crippen molar-refractivity contribution in [2.75, 3.05) is 13.6 Å². The Morgan fingerprint density at radius 2 is 2.15 bits per heavy atom. The SMILES string of the molecule is C=CC(=O)NC(C)C(=O)N(C)CC. The molecule has 0 aliphatic carbocycles. The Kier molecular flexibility index (Phi) is 4.80. The number of carbonyl (C=O) groups is 2. The lowest BCUT2D eigenvalue weighted by Gasteiger charge is -2.19. The van der Waals surface area contributed by atoms with Gasteiger partial charge in [-0.15, -0.1) is 0 Å². The lowest BCUT2D eigenvalue weighted by atomic mass is 10.3. The summed E-state index contributed by atoms with van der Waals surface area (Å²) in [6, 6.07) is -0.490. The molecule has 1 unspecified atom stereocenters. The molecule has 0 aliphatic rings. The summed E-state index contributed by atoms with van der Waals surface area (Å²) in [4.78, 5) is 23.8. The van der Waals surface area contributed by atoms with Crippen molar-refractivity contribution < 1.29 is 9.59 Å². The van der Waals surface area contributed by atoms with Crippen LogP contribution in [0, 0.1) is 0 Å². The van der Waals surface area contributed by atoms with E-state index in [2.05, 4.69) is 11.9 Å². The van der Waals surface area contributed by atoms with E-state index < -0.39 is 6.04 Å². The molecule has 0 aromatic carbocycles. The van der Waals surface area contributed by atoms with E-state index in [9.17, 15) is 9.59 Å². The van der Waals surface area contributed by atoms with E-state index in [1.807, 2.05) is 6.92 Å². The van der Waals surface area contributed by atoms with Gasteiger partial charge in [-0.1, -0.05) is 6.58 Å². The van der Waals surface area contributed by atoms with Crippen molar-refractivity contribution in [2.24, 2.45) is 0 Å². The topological polar surface area (TPSA) is 49.4 Å². The van der Waals surface area contributed by atoms with Crippen molar-refractivity contribution in [3.63, 3.8) is 0 Å². The molecule has 0 saturated heterocycles. The van der Waals surface area contributed by atoms with Crippen molar-refractivity contribution in [2.45, 2.75) is 19.9 Å². The molecule has 0 aromatic heterocycles. The first kappa shape index (κ1) is 11.7. The number of rotatable bonds is 4. The minimum absolute atomic E-state index is 0.0994. The predicted molar refractivity (Wildman–Crippen MR) is 51.1 cm³/mol. The first-order chi connectivity index (χ1) is 6.02. The van der Waals surface area contributed by atoms with Crippen LogP contribution in [0.15, 0.2) is 12.7 Å². The highest BCUT2D eigenvalue weighted by atomic mass is 16.2. The molecule has 0 fully saturated rings. The quantitative estimate of drug-likeness (QED) is 0.632. The molecule has 0 aliphatic heterocycles. The van der Waals surface area contributed by atoms with E-state index in [1.54, 1.807) is 18.9 Å². The second kappa shape index (κ2) is 5.35. The summed E-state index contributed by atoms with van der Waals surface area (Å²) in [7, 11) is 1.69. The van der Waals surface area contributed by atoms with Gasteiger partial charge in [-0.25, -0.2) is 0 Å². The number of nitrogens with zero attached hydrogens (tertiary/aromatic N) is 1. The summed E-state index contributed by atoms with van der Waals surface area (Å²) in [6.45, 7) is 7.46. The number of nitrogens with one attached hydrogen (secondary N) is 1. The maximum Gasteiger partial charge on any atom is 0.244 e. The van der Waals surface area contributed by atoms with Gasteiger partial charge in [0.25, 0.3) is 0 Å². The molecule has 0 bridgehead atoms. The van der Waals surface area contributed by atoms with Gasteiger partial charge in [0.1, 0.15) is 6.04 Å². The lowest BCUT2D eigenvalue weighted by Crippen LogP contribution is -2.44. The van der Waals surface area contributed by atoms with Crippen LogP contribution in [-0.4, -0.2) is 36.3 Å². The van der Waals surface area contributed by atoms with Crippen molar-refractivity contribution in [1.82, 2.24) is 10.2 Å². The molecule has 0 rings (SSSR count). The molecule has 0 heterocycles. The smallest absolute Gasteiger partial charge is 0.244 e. The standard InChI is InChI=1S/C9H16N2O2/c1-5-8(12)10-7(3)9(13)11(4)6-2/h5,7H,1,6H2,2-4H3,(H,10,12). The zero-order valence-electron chi connectivity index (χ0n) is 8.33. The highest BCUT2D eigenvalue weighted by Crippen LogP contribution is 1.91. The van der Waals surface area contributed by atoms with Crippen LogP contribution in [0.3, 0.4) is 0 Å². The van der Waals surface area contributed by atoms with Crippen LogP contribution in [0.2, 0.25) is 0 Å². The van der Waals surface area contributed by atoms with Crippen LogP contribution >= 0.6 is 0 Å². The Morgan fingerprint density at radius 1 is 1.62 bits per heavy atom. The monoisotopic (exact) mass is 184 g/mol. The number of amides is 2. The van der Waals surface area contributed by atoms with E-state index in [0.29, 0.717) is 6.54 Å². The fourth-order valence-corrected chi connectivity index (χ4v) is 0.820. The molecule has 74 valence electrons. The second-order valence-corrected chi connectivity index (χ2v) is 2.79. The zero-order valence-corrected chi connectivity index (χ0v) is 8.33. The van der Waals surface area contributed by atoms with E-state index in [1.165, 1.54) is 0 Å². The minimum atomic E-state index is -0.490. The highest BCUT2D eigenvalue weighted by molar-refractivity contribution is 5.92. The van der Waals surface area contributed by atoms with Crippen molar-refractivity contribution in [1.29, 1.82) is 0 Å². The fourth-order valence-electron chi connectivity index (χ4n) is 0.820. The third kappa shape index (κ3) is 3.73. The highest BCUT2D eigenvalue weighted by Gasteiger charge is 2.16. The van der Waals surface area contributed by atoms with Crippen LogP contribution in [0.1, 0.15) is 13.8 Å². The molecular weight excluding hydrogens is 168 g/mol. The molecule has 0 spiro atoms. The Hall–Kier alpha value is -1.32. The van der Waals surface area contributed by atoms with Crippen LogP contribution in [0.25, 0.3) is 0 Å². The summed E-state index contributed by atoms with van der Waals surface area (Å²) in [6.07, 6.45) is 1.15. The van der Waals surface area contributed by atoms with Gasteiger partial charge in [0.15, 0.2) is 0 Å². The number of likely N-dealkylation sites (N-methyl/N-ethyl adjacent to an activating group) is 1. The third-order valence-electron chi connectivity index (χ3n) is 1.77. The van der Waals surface area contributed by atoms with Gasteiger partial charge >= 0.3 is 0 Å². The van der Waals surface area contributed by atoms with E-state index in [-0.39, 0.29) is 11.8 Å². The summed E-state index contributed by atoms with van der Waals surface area (Å²) in [5.74, 6) is -0.428. The molecule has 2 amide bonds. The fraction of sp³-hybridized carbons (Fsp3) is 0.556. The molecule has 0 saturated carbocycles. The maximum atomic E-state index is 11.4. The minimum Gasteiger partial charge on any atom is -0.344 e. The van der Waals surface area contributed by atoms with E-state index in [4.69, 9.17) is 0 Å². The summed E-state index contributed by atoms with van der Waals surface area (Å²) >= 11 is 0. The van der Waals surface area contributed by atoms with Gasteiger partial charge in [-0.3, -0.25) is 9.59 Å². The molecule has 0 radical (unpaired) electrons. The number of hydrogen-bond donors (Lipinski definition) is 1. The molecule has 1 atom stereocenters.